The van der Waals surface area contributed by atoms with Gasteiger partial charge in [0.05, 0.1) is 15.5 Å². The van der Waals surface area contributed by atoms with Crippen LogP contribution in [-0.4, -0.2) is 22.5 Å². The SMILES string of the molecule is CC(CCC(=O)O)CNc1cc(Br)c(F)cc1[N+](=O)[O-]. The van der Waals surface area contributed by atoms with E-state index in [0.29, 0.717) is 13.0 Å². The number of nitrogens with zero attached hydrogens (tertiary/aromatic N) is 1. The Kier molecular flexibility index (Phi) is 5.87. The highest BCUT2D eigenvalue weighted by Gasteiger charge is 2.18. The van der Waals surface area contributed by atoms with E-state index in [4.69, 9.17) is 5.11 Å². The minimum Gasteiger partial charge on any atom is -0.481 e. The maximum atomic E-state index is 13.3. The quantitative estimate of drug-likeness (QED) is 0.581. The molecule has 0 amide bonds. The molecule has 0 saturated carbocycles. The molecule has 0 aliphatic carbocycles. The Morgan fingerprint density at radius 3 is 2.80 bits per heavy atom. The Morgan fingerprint density at radius 2 is 2.25 bits per heavy atom. The second kappa shape index (κ2) is 7.18. The van der Waals surface area contributed by atoms with Crippen molar-refractivity contribution in [3.05, 3.63) is 32.5 Å². The van der Waals surface area contributed by atoms with Crippen LogP contribution in [0.5, 0.6) is 0 Å². The molecule has 0 aromatic heterocycles. The summed E-state index contributed by atoms with van der Waals surface area (Å²) < 4.78 is 13.4. The van der Waals surface area contributed by atoms with Crippen molar-refractivity contribution >= 4 is 33.3 Å². The van der Waals surface area contributed by atoms with Crippen molar-refractivity contribution in [2.24, 2.45) is 5.92 Å². The molecule has 110 valence electrons. The Balaban J connectivity index is 2.74. The van der Waals surface area contributed by atoms with Gasteiger partial charge in [-0.2, -0.15) is 0 Å². The fraction of sp³-hybridized carbons (Fsp3) is 0.417. The van der Waals surface area contributed by atoms with Gasteiger partial charge < -0.3 is 10.4 Å². The summed E-state index contributed by atoms with van der Waals surface area (Å²) in [6.07, 6.45) is 0.497. The number of hydrogen-bond donors (Lipinski definition) is 2. The summed E-state index contributed by atoms with van der Waals surface area (Å²) in [4.78, 5) is 20.6. The van der Waals surface area contributed by atoms with Crippen LogP contribution in [0.4, 0.5) is 15.8 Å². The van der Waals surface area contributed by atoms with Crippen LogP contribution in [0.3, 0.4) is 0 Å². The van der Waals surface area contributed by atoms with Gasteiger partial charge in [0, 0.05) is 13.0 Å². The Bertz CT molecular complexity index is 524. The van der Waals surface area contributed by atoms with Gasteiger partial charge in [0.15, 0.2) is 0 Å². The number of aliphatic carboxylic acids is 1. The maximum absolute atomic E-state index is 13.3. The molecule has 2 N–H and O–H groups in total. The van der Waals surface area contributed by atoms with E-state index in [1.54, 1.807) is 0 Å². The first-order valence-corrected chi connectivity index (χ1v) is 6.69. The van der Waals surface area contributed by atoms with Crippen LogP contribution >= 0.6 is 15.9 Å². The zero-order valence-electron chi connectivity index (χ0n) is 10.7. The first-order valence-electron chi connectivity index (χ1n) is 5.90. The van der Waals surface area contributed by atoms with E-state index in [1.807, 2.05) is 6.92 Å². The molecule has 1 rings (SSSR count). The number of nitro benzene ring substituents is 1. The van der Waals surface area contributed by atoms with Crippen LogP contribution in [0.2, 0.25) is 0 Å². The molecule has 1 aromatic rings. The number of nitrogens with one attached hydrogen (secondary N) is 1. The van der Waals surface area contributed by atoms with Crippen molar-refractivity contribution < 1.29 is 19.2 Å². The number of anilines is 1. The summed E-state index contributed by atoms with van der Waals surface area (Å²) in [5.41, 5.74) is -0.151. The van der Waals surface area contributed by atoms with Gasteiger partial charge in [-0.1, -0.05) is 6.92 Å². The van der Waals surface area contributed by atoms with E-state index in [1.165, 1.54) is 6.07 Å². The summed E-state index contributed by atoms with van der Waals surface area (Å²) >= 11 is 2.97. The van der Waals surface area contributed by atoms with Crippen molar-refractivity contribution in [3.63, 3.8) is 0 Å². The van der Waals surface area contributed by atoms with E-state index in [9.17, 15) is 19.3 Å². The fourth-order valence-corrected chi connectivity index (χ4v) is 1.93. The van der Waals surface area contributed by atoms with Crippen LogP contribution in [0.15, 0.2) is 16.6 Å². The molecule has 1 atom stereocenters. The molecule has 0 heterocycles. The summed E-state index contributed by atoms with van der Waals surface area (Å²) in [6, 6.07) is 2.14. The Labute approximate surface area is 123 Å². The zero-order chi connectivity index (χ0) is 15.3. The summed E-state index contributed by atoms with van der Waals surface area (Å²) in [6.45, 7) is 2.20. The van der Waals surface area contributed by atoms with E-state index in [-0.39, 0.29) is 28.2 Å². The number of nitro groups is 1. The lowest BCUT2D eigenvalue weighted by atomic mass is 10.1. The molecule has 6 nitrogen and oxygen atoms in total. The third-order valence-electron chi connectivity index (χ3n) is 2.73. The molecule has 0 saturated heterocycles. The second-order valence-electron chi connectivity index (χ2n) is 4.46. The summed E-state index contributed by atoms with van der Waals surface area (Å²) in [5.74, 6) is -1.57. The van der Waals surface area contributed by atoms with E-state index < -0.39 is 16.7 Å². The third kappa shape index (κ3) is 4.76. The predicted molar refractivity (Wildman–Crippen MR) is 75.3 cm³/mol. The van der Waals surface area contributed by atoms with Crippen molar-refractivity contribution in [1.82, 2.24) is 0 Å². The van der Waals surface area contributed by atoms with Crippen molar-refractivity contribution in [3.8, 4) is 0 Å². The maximum Gasteiger partial charge on any atom is 0.303 e. The number of carbonyl (C=O) groups is 1. The molecule has 0 aliphatic rings. The molecule has 1 aromatic carbocycles. The first-order chi connectivity index (χ1) is 9.31. The lowest BCUT2D eigenvalue weighted by Crippen LogP contribution is -2.13. The molecular formula is C12H14BrFN2O4. The van der Waals surface area contributed by atoms with Gasteiger partial charge in [-0.25, -0.2) is 4.39 Å². The van der Waals surface area contributed by atoms with Gasteiger partial charge in [-0.3, -0.25) is 14.9 Å². The zero-order valence-corrected chi connectivity index (χ0v) is 12.3. The van der Waals surface area contributed by atoms with Gasteiger partial charge in [-0.05, 0) is 34.3 Å². The van der Waals surface area contributed by atoms with Crippen molar-refractivity contribution in [2.45, 2.75) is 19.8 Å². The van der Waals surface area contributed by atoms with Crippen LogP contribution in [0.25, 0.3) is 0 Å². The average molecular weight is 349 g/mol. The molecular weight excluding hydrogens is 335 g/mol. The van der Waals surface area contributed by atoms with Gasteiger partial charge in [0.1, 0.15) is 11.5 Å². The number of carboxylic acid groups (broad SMARTS) is 1. The van der Waals surface area contributed by atoms with Gasteiger partial charge >= 0.3 is 5.97 Å². The highest BCUT2D eigenvalue weighted by molar-refractivity contribution is 9.10. The largest absolute Gasteiger partial charge is 0.481 e. The first kappa shape index (κ1) is 16.4. The highest BCUT2D eigenvalue weighted by atomic mass is 79.9. The van der Waals surface area contributed by atoms with E-state index >= 15 is 0 Å². The van der Waals surface area contributed by atoms with Crippen LogP contribution < -0.4 is 5.32 Å². The third-order valence-corrected chi connectivity index (χ3v) is 3.33. The number of hydrogen-bond acceptors (Lipinski definition) is 4. The number of rotatable bonds is 7. The Morgan fingerprint density at radius 1 is 1.60 bits per heavy atom. The second-order valence-corrected chi connectivity index (χ2v) is 5.31. The molecule has 0 radical (unpaired) electrons. The number of carboxylic acids is 1. The van der Waals surface area contributed by atoms with Gasteiger partial charge in [0.25, 0.3) is 5.69 Å². The van der Waals surface area contributed by atoms with Crippen molar-refractivity contribution in [2.75, 3.05) is 11.9 Å². The van der Waals surface area contributed by atoms with Crippen LogP contribution in [-0.2, 0) is 4.79 Å². The minimum atomic E-state index is -0.882. The highest BCUT2D eigenvalue weighted by Crippen LogP contribution is 2.30. The topological polar surface area (TPSA) is 92.5 Å². The Hall–Kier alpha value is -1.70. The number of benzene rings is 1. The monoisotopic (exact) mass is 348 g/mol. The minimum absolute atomic E-state index is 0.0227. The normalized spacial score (nSPS) is 11.9. The van der Waals surface area contributed by atoms with Crippen LogP contribution in [0, 0.1) is 21.8 Å². The van der Waals surface area contributed by atoms with Gasteiger partial charge in [-0.15, -0.1) is 0 Å². The average Bonchev–Trinajstić information content (AvgIpc) is 2.36. The summed E-state index contributed by atoms with van der Waals surface area (Å²) in [5, 5.41) is 22.3. The molecule has 0 bridgehead atoms. The molecule has 0 aliphatic heterocycles. The van der Waals surface area contributed by atoms with Gasteiger partial charge in [0.2, 0.25) is 0 Å². The molecule has 1 unspecified atom stereocenters. The van der Waals surface area contributed by atoms with Crippen molar-refractivity contribution in [1.29, 1.82) is 0 Å². The number of halogens is 2. The van der Waals surface area contributed by atoms with E-state index in [2.05, 4.69) is 21.2 Å². The summed E-state index contributed by atoms with van der Waals surface area (Å²) in [7, 11) is 0. The predicted octanol–water partition coefficient (Wildman–Crippen LogP) is 3.41. The molecule has 0 spiro atoms. The smallest absolute Gasteiger partial charge is 0.303 e. The molecule has 8 heteroatoms. The molecule has 0 fully saturated rings. The fourth-order valence-electron chi connectivity index (χ4n) is 1.59. The van der Waals surface area contributed by atoms with Crippen LogP contribution in [0.1, 0.15) is 19.8 Å². The van der Waals surface area contributed by atoms with E-state index in [0.717, 1.165) is 6.07 Å². The molecule has 20 heavy (non-hydrogen) atoms. The standard InChI is InChI=1S/C12H14BrFN2O4/c1-7(2-3-12(17)18)6-15-10-4-8(13)9(14)5-11(10)16(19)20/h4-5,7,15H,2-3,6H2,1H3,(H,17,18). The lowest BCUT2D eigenvalue weighted by Gasteiger charge is -2.13. The lowest BCUT2D eigenvalue weighted by molar-refractivity contribution is -0.384.